The van der Waals surface area contributed by atoms with Crippen molar-refractivity contribution in [1.82, 2.24) is 0 Å². The molecule has 0 aromatic heterocycles. The molecule has 4 nitrogen and oxygen atoms in total. The minimum atomic E-state index is -4.48. The molecule has 0 bridgehead atoms. The van der Waals surface area contributed by atoms with Crippen LogP contribution in [-0.4, -0.2) is 31.9 Å². The van der Waals surface area contributed by atoms with Crippen molar-refractivity contribution in [3.05, 3.63) is 0 Å². The van der Waals surface area contributed by atoms with Gasteiger partial charge in [-0.15, -0.1) is 11.6 Å². The van der Waals surface area contributed by atoms with Gasteiger partial charge < -0.3 is 9.79 Å². The van der Waals surface area contributed by atoms with E-state index in [0.717, 1.165) is 5.33 Å². The zero-order valence-electron chi connectivity index (χ0n) is 9.78. The summed E-state index contributed by atoms with van der Waals surface area (Å²) in [6.45, 7) is 4.00. The highest BCUT2D eigenvalue weighted by atomic mass is 79.9. The Hall–Kier alpha value is 1.36. The van der Waals surface area contributed by atoms with Gasteiger partial charge in [-0.25, -0.2) is 4.57 Å². The van der Waals surface area contributed by atoms with Crippen LogP contribution < -0.4 is 0 Å². The van der Waals surface area contributed by atoms with Crippen LogP contribution in [-0.2, 0) is 9.09 Å². The molecule has 2 atom stereocenters. The molecule has 0 heterocycles. The largest absolute Gasteiger partial charge is 0.469 e. The van der Waals surface area contributed by atoms with Gasteiger partial charge in [0.1, 0.15) is 0 Å². The van der Waals surface area contributed by atoms with Gasteiger partial charge >= 0.3 is 7.82 Å². The maximum Gasteiger partial charge on any atom is 0.469 e. The topological polar surface area (TPSA) is 66.8 Å². The van der Waals surface area contributed by atoms with Crippen LogP contribution in [0.3, 0.4) is 0 Å². The van der Waals surface area contributed by atoms with Crippen molar-refractivity contribution in [3.8, 4) is 0 Å². The Balaban J connectivity index is 4.67. The summed E-state index contributed by atoms with van der Waals surface area (Å²) in [4.78, 5) is 17.6. The Morgan fingerprint density at radius 3 is 2.35 bits per heavy atom. The average Bonchev–Trinajstić information content (AvgIpc) is 2.14. The molecule has 8 heteroatoms. The fourth-order valence-corrected chi connectivity index (χ4v) is 3.29. The van der Waals surface area contributed by atoms with Gasteiger partial charge in [-0.2, -0.15) is 0 Å². The summed E-state index contributed by atoms with van der Waals surface area (Å²) in [6.07, 6.45) is 0.544. The highest BCUT2D eigenvalue weighted by molar-refractivity contribution is 9.09. The van der Waals surface area contributed by atoms with Gasteiger partial charge in [-0.3, -0.25) is 4.52 Å². The number of alkyl halides is 3. The van der Waals surface area contributed by atoms with Crippen LogP contribution in [0.2, 0.25) is 0 Å². The van der Waals surface area contributed by atoms with Gasteiger partial charge in [-0.1, -0.05) is 45.7 Å². The van der Waals surface area contributed by atoms with Gasteiger partial charge in [0.15, 0.2) is 0 Å². The summed E-state index contributed by atoms with van der Waals surface area (Å²) in [5, 5.41) is 0.724. The standard InChI is InChI=1S/C9H18Br2ClO4P/c1-9(2,6-10)5-8(7(11)3-4-12)16-17(13,14)15/h7-8H,3-6H2,1-2H3,(H2,13,14,15). The first-order chi connectivity index (χ1) is 7.61. The first-order valence-electron chi connectivity index (χ1n) is 5.11. The SMILES string of the molecule is CC(C)(CBr)CC(OP(=O)(O)O)C(Br)CCCl. The minimum absolute atomic E-state index is 0.113. The Kier molecular flexibility index (Phi) is 8.46. The first-order valence-corrected chi connectivity index (χ1v) is 9.21. The molecule has 0 aliphatic carbocycles. The molecule has 0 fully saturated rings. The number of phosphoric ester groups is 1. The molecular weight excluding hydrogens is 398 g/mol. The summed E-state index contributed by atoms with van der Waals surface area (Å²) in [5.74, 6) is 0.408. The van der Waals surface area contributed by atoms with Crippen LogP contribution in [0.15, 0.2) is 0 Å². The van der Waals surface area contributed by atoms with Gasteiger partial charge in [0.2, 0.25) is 0 Å². The maximum absolute atomic E-state index is 10.9. The van der Waals surface area contributed by atoms with E-state index in [1.54, 1.807) is 0 Å². The lowest BCUT2D eigenvalue weighted by Gasteiger charge is -2.30. The van der Waals surface area contributed by atoms with Crippen LogP contribution in [0.25, 0.3) is 0 Å². The summed E-state index contributed by atoms with van der Waals surface area (Å²) in [5.41, 5.74) is -0.113. The quantitative estimate of drug-likeness (QED) is 0.468. The molecule has 0 rings (SSSR count). The number of hydrogen-bond acceptors (Lipinski definition) is 2. The van der Waals surface area contributed by atoms with Crippen molar-refractivity contribution in [2.45, 2.75) is 37.6 Å². The first kappa shape index (κ1) is 18.4. The van der Waals surface area contributed by atoms with E-state index in [0.29, 0.717) is 18.7 Å². The summed E-state index contributed by atoms with van der Waals surface area (Å²) >= 11 is 12.4. The van der Waals surface area contributed by atoms with Crippen molar-refractivity contribution in [3.63, 3.8) is 0 Å². The lowest BCUT2D eigenvalue weighted by Crippen LogP contribution is -2.31. The van der Waals surface area contributed by atoms with E-state index in [-0.39, 0.29) is 10.2 Å². The molecule has 0 aliphatic heterocycles. The molecule has 0 aromatic carbocycles. The van der Waals surface area contributed by atoms with Crippen LogP contribution in [0.4, 0.5) is 0 Å². The molecule has 17 heavy (non-hydrogen) atoms. The summed E-state index contributed by atoms with van der Waals surface area (Å²) < 4.78 is 15.8. The number of hydrogen-bond donors (Lipinski definition) is 2. The molecular formula is C9H18Br2ClO4P. The molecule has 0 aliphatic rings. The second-order valence-electron chi connectivity index (χ2n) is 4.63. The van der Waals surface area contributed by atoms with Crippen LogP contribution in [0.5, 0.6) is 0 Å². The predicted molar refractivity (Wildman–Crippen MR) is 77.2 cm³/mol. The van der Waals surface area contributed by atoms with E-state index in [1.807, 2.05) is 13.8 Å². The highest BCUT2D eigenvalue weighted by Crippen LogP contribution is 2.42. The van der Waals surface area contributed by atoms with E-state index >= 15 is 0 Å². The van der Waals surface area contributed by atoms with Crippen molar-refractivity contribution in [2.24, 2.45) is 5.41 Å². The zero-order valence-corrected chi connectivity index (χ0v) is 14.6. The molecule has 0 saturated carbocycles. The van der Waals surface area contributed by atoms with E-state index < -0.39 is 13.9 Å². The molecule has 2 N–H and O–H groups in total. The second kappa shape index (κ2) is 7.83. The monoisotopic (exact) mass is 414 g/mol. The molecule has 0 amide bonds. The molecule has 0 spiro atoms. The fraction of sp³-hybridized carbons (Fsp3) is 1.00. The van der Waals surface area contributed by atoms with Crippen LogP contribution in [0.1, 0.15) is 26.7 Å². The lowest BCUT2D eigenvalue weighted by atomic mass is 9.88. The van der Waals surface area contributed by atoms with Gasteiger partial charge in [0.05, 0.1) is 6.10 Å². The van der Waals surface area contributed by atoms with Crippen LogP contribution >= 0.6 is 51.3 Å². The van der Waals surface area contributed by atoms with Crippen molar-refractivity contribution in [1.29, 1.82) is 0 Å². The Morgan fingerprint density at radius 2 is 2.00 bits per heavy atom. The maximum atomic E-state index is 10.9. The van der Waals surface area contributed by atoms with Crippen molar-refractivity contribution < 1.29 is 18.9 Å². The van der Waals surface area contributed by atoms with Crippen molar-refractivity contribution >= 4 is 51.3 Å². The smallest absolute Gasteiger partial charge is 0.303 e. The van der Waals surface area contributed by atoms with Gasteiger partial charge in [-0.05, 0) is 18.3 Å². The van der Waals surface area contributed by atoms with E-state index in [9.17, 15) is 4.57 Å². The average molecular weight is 416 g/mol. The molecule has 0 radical (unpaired) electrons. The summed E-state index contributed by atoms with van der Waals surface area (Å²) in [7, 11) is -4.48. The molecule has 104 valence electrons. The molecule has 2 unspecified atom stereocenters. The highest BCUT2D eigenvalue weighted by Gasteiger charge is 2.32. The van der Waals surface area contributed by atoms with Gasteiger partial charge in [0.25, 0.3) is 0 Å². The zero-order chi connectivity index (χ0) is 13.7. The van der Waals surface area contributed by atoms with E-state index in [2.05, 4.69) is 31.9 Å². The van der Waals surface area contributed by atoms with E-state index in [4.69, 9.17) is 25.9 Å². The fourth-order valence-electron chi connectivity index (χ4n) is 1.30. The number of phosphoric acid groups is 1. The number of rotatable bonds is 8. The second-order valence-corrected chi connectivity index (χ2v) is 7.94. The third-order valence-electron chi connectivity index (χ3n) is 2.18. The van der Waals surface area contributed by atoms with E-state index in [1.165, 1.54) is 0 Å². The number of halogens is 3. The summed E-state index contributed by atoms with van der Waals surface area (Å²) in [6, 6.07) is 0. The van der Waals surface area contributed by atoms with Gasteiger partial charge in [0, 0.05) is 16.0 Å². The normalized spacial score (nSPS) is 16.9. The third kappa shape index (κ3) is 8.98. The molecule has 0 aromatic rings. The molecule has 0 saturated heterocycles. The Morgan fingerprint density at radius 1 is 1.47 bits per heavy atom. The van der Waals surface area contributed by atoms with Crippen molar-refractivity contribution in [2.75, 3.05) is 11.2 Å². The predicted octanol–water partition coefficient (Wildman–Crippen LogP) is 3.67. The lowest BCUT2D eigenvalue weighted by molar-refractivity contribution is 0.0992. The van der Waals surface area contributed by atoms with Crippen LogP contribution in [0, 0.1) is 5.41 Å². The third-order valence-corrected chi connectivity index (χ3v) is 5.51. The minimum Gasteiger partial charge on any atom is -0.303 e. The Labute approximate surface area is 124 Å². The Bertz CT molecular complexity index is 272.